The minimum atomic E-state index is -0.401. The summed E-state index contributed by atoms with van der Waals surface area (Å²) in [5.41, 5.74) is 0.767. The summed E-state index contributed by atoms with van der Waals surface area (Å²) in [6, 6.07) is 14.6. The second kappa shape index (κ2) is 10.4. The standard InChI is InChI=1S/C27H34N2O4/c1-2-33-26(32)18-23-9-5-6-16-29(23)25(31)13-15-27(14-12-24(30)28-27)19-20-10-11-21-7-3-4-8-22(21)17-20/h3-4,7-8,10-11,17,23H,2,5-6,9,12-16,18-19H2,1H3,(H,28,30). The van der Waals surface area contributed by atoms with E-state index in [-0.39, 0.29) is 30.2 Å². The van der Waals surface area contributed by atoms with Gasteiger partial charge in [-0.1, -0.05) is 42.5 Å². The Morgan fingerprint density at radius 1 is 1.15 bits per heavy atom. The van der Waals surface area contributed by atoms with Crippen LogP contribution in [0, 0.1) is 0 Å². The Kier molecular flexibility index (Phi) is 7.31. The molecule has 4 rings (SSSR count). The Labute approximate surface area is 195 Å². The Bertz CT molecular complexity index is 1020. The van der Waals surface area contributed by atoms with Crippen LogP contribution in [0.3, 0.4) is 0 Å². The number of carbonyl (C=O) groups excluding carboxylic acids is 3. The molecule has 2 heterocycles. The van der Waals surface area contributed by atoms with Crippen LogP contribution in [0.25, 0.3) is 10.8 Å². The molecule has 1 N–H and O–H groups in total. The van der Waals surface area contributed by atoms with Gasteiger partial charge in [-0.3, -0.25) is 14.4 Å². The van der Waals surface area contributed by atoms with Gasteiger partial charge in [0.1, 0.15) is 0 Å². The lowest BCUT2D eigenvalue weighted by Crippen LogP contribution is -2.47. The highest BCUT2D eigenvalue weighted by atomic mass is 16.5. The number of hydrogen-bond donors (Lipinski definition) is 1. The topological polar surface area (TPSA) is 75.7 Å². The van der Waals surface area contributed by atoms with Crippen molar-refractivity contribution < 1.29 is 19.1 Å². The zero-order valence-electron chi connectivity index (χ0n) is 19.5. The molecule has 2 fully saturated rings. The number of nitrogens with one attached hydrogen (secondary N) is 1. The Morgan fingerprint density at radius 3 is 2.73 bits per heavy atom. The SMILES string of the molecule is CCOC(=O)CC1CCCCN1C(=O)CCC1(Cc2ccc3ccccc3c2)CCC(=O)N1. The number of carbonyl (C=O) groups is 3. The van der Waals surface area contributed by atoms with Crippen molar-refractivity contribution in [3.63, 3.8) is 0 Å². The van der Waals surface area contributed by atoms with Crippen molar-refractivity contribution in [2.45, 2.75) is 76.3 Å². The lowest BCUT2D eigenvalue weighted by Gasteiger charge is -2.36. The average molecular weight is 451 g/mol. The van der Waals surface area contributed by atoms with Crippen molar-refractivity contribution in [3.8, 4) is 0 Å². The van der Waals surface area contributed by atoms with Gasteiger partial charge in [0.25, 0.3) is 0 Å². The first-order valence-electron chi connectivity index (χ1n) is 12.2. The monoisotopic (exact) mass is 450 g/mol. The van der Waals surface area contributed by atoms with Crippen molar-refractivity contribution in [2.75, 3.05) is 13.2 Å². The Balaban J connectivity index is 1.44. The highest BCUT2D eigenvalue weighted by molar-refractivity contribution is 5.83. The van der Waals surface area contributed by atoms with Crippen LogP contribution < -0.4 is 5.32 Å². The van der Waals surface area contributed by atoms with E-state index >= 15 is 0 Å². The molecule has 0 spiro atoms. The third-order valence-electron chi connectivity index (χ3n) is 7.06. The predicted octanol–water partition coefficient (Wildman–Crippen LogP) is 4.15. The fourth-order valence-corrected chi connectivity index (χ4v) is 5.36. The number of piperidine rings is 1. The highest BCUT2D eigenvalue weighted by Crippen LogP contribution is 2.32. The van der Waals surface area contributed by atoms with E-state index in [0.29, 0.717) is 38.8 Å². The fraction of sp³-hybridized carbons (Fsp3) is 0.519. The molecular weight excluding hydrogens is 416 g/mol. The van der Waals surface area contributed by atoms with Crippen molar-refractivity contribution in [2.24, 2.45) is 0 Å². The summed E-state index contributed by atoms with van der Waals surface area (Å²) in [6.07, 6.45) is 6.00. The molecule has 2 unspecified atom stereocenters. The van der Waals surface area contributed by atoms with Gasteiger partial charge in [0, 0.05) is 31.0 Å². The average Bonchev–Trinajstić information content (AvgIpc) is 3.18. The molecule has 33 heavy (non-hydrogen) atoms. The van der Waals surface area contributed by atoms with E-state index in [1.807, 2.05) is 17.0 Å². The molecule has 0 aliphatic carbocycles. The van der Waals surface area contributed by atoms with Crippen LogP contribution in [-0.4, -0.2) is 47.4 Å². The molecule has 2 aromatic carbocycles. The quantitative estimate of drug-likeness (QED) is 0.613. The second-order valence-corrected chi connectivity index (χ2v) is 9.43. The summed E-state index contributed by atoms with van der Waals surface area (Å²) in [4.78, 5) is 39.3. The zero-order chi connectivity index (χ0) is 23.3. The third-order valence-corrected chi connectivity index (χ3v) is 7.06. The number of fused-ring (bicyclic) bond motifs is 1. The van der Waals surface area contributed by atoms with E-state index in [2.05, 4.69) is 35.6 Å². The molecule has 2 aromatic rings. The summed E-state index contributed by atoms with van der Waals surface area (Å²) in [6.45, 7) is 2.84. The molecule has 0 bridgehead atoms. The maximum Gasteiger partial charge on any atom is 0.307 e. The maximum absolute atomic E-state index is 13.2. The number of esters is 1. The molecular formula is C27H34N2O4. The molecule has 0 saturated carbocycles. The molecule has 2 aliphatic heterocycles. The number of nitrogens with zero attached hydrogens (tertiary/aromatic N) is 1. The van der Waals surface area contributed by atoms with Gasteiger partial charge in [-0.25, -0.2) is 0 Å². The first-order valence-corrected chi connectivity index (χ1v) is 12.2. The van der Waals surface area contributed by atoms with Crippen LogP contribution in [0.2, 0.25) is 0 Å². The summed E-state index contributed by atoms with van der Waals surface area (Å²) < 4.78 is 5.11. The Hall–Kier alpha value is -2.89. The van der Waals surface area contributed by atoms with Gasteiger partial charge < -0.3 is 15.0 Å². The number of rotatable bonds is 8. The number of likely N-dealkylation sites (tertiary alicyclic amines) is 1. The zero-order valence-corrected chi connectivity index (χ0v) is 19.5. The lowest BCUT2D eigenvalue weighted by atomic mass is 9.84. The summed E-state index contributed by atoms with van der Waals surface area (Å²) >= 11 is 0. The Morgan fingerprint density at radius 2 is 1.97 bits per heavy atom. The van der Waals surface area contributed by atoms with E-state index in [0.717, 1.165) is 25.7 Å². The number of amides is 2. The van der Waals surface area contributed by atoms with Gasteiger partial charge in [-0.2, -0.15) is 0 Å². The van der Waals surface area contributed by atoms with Gasteiger partial charge in [0.2, 0.25) is 11.8 Å². The molecule has 2 aliphatic rings. The van der Waals surface area contributed by atoms with E-state index in [1.165, 1.54) is 16.3 Å². The first-order chi connectivity index (χ1) is 16.0. The second-order valence-electron chi connectivity index (χ2n) is 9.43. The maximum atomic E-state index is 13.2. The molecule has 0 aromatic heterocycles. The fourth-order valence-electron chi connectivity index (χ4n) is 5.36. The third kappa shape index (κ3) is 5.73. The van der Waals surface area contributed by atoms with E-state index < -0.39 is 5.54 Å². The number of hydrogen-bond acceptors (Lipinski definition) is 4. The van der Waals surface area contributed by atoms with Gasteiger partial charge in [-0.15, -0.1) is 0 Å². The highest BCUT2D eigenvalue weighted by Gasteiger charge is 2.39. The van der Waals surface area contributed by atoms with Crippen LogP contribution in [0.4, 0.5) is 0 Å². The normalized spacial score (nSPS) is 22.9. The summed E-state index contributed by atoms with van der Waals surface area (Å²) in [7, 11) is 0. The van der Waals surface area contributed by atoms with Gasteiger partial charge in [0.15, 0.2) is 0 Å². The van der Waals surface area contributed by atoms with Crippen molar-refractivity contribution in [3.05, 3.63) is 48.0 Å². The van der Waals surface area contributed by atoms with Crippen LogP contribution in [0.1, 0.15) is 63.9 Å². The smallest absolute Gasteiger partial charge is 0.307 e. The molecule has 6 heteroatoms. The molecule has 0 radical (unpaired) electrons. The van der Waals surface area contributed by atoms with Gasteiger partial charge in [-0.05, 0) is 61.8 Å². The lowest BCUT2D eigenvalue weighted by molar-refractivity contribution is -0.146. The van der Waals surface area contributed by atoms with Crippen LogP contribution >= 0.6 is 0 Å². The van der Waals surface area contributed by atoms with Crippen molar-refractivity contribution in [1.29, 1.82) is 0 Å². The first kappa shape index (κ1) is 23.3. The van der Waals surface area contributed by atoms with Crippen molar-refractivity contribution in [1.82, 2.24) is 10.2 Å². The molecule has 2 atom stereocenters. The van der Waals surface area contributed by atoms with Gasteiger partial charge in [0.05, 0.1) is 13.0 Å². The largest absolute Gasteiger partial charge is 0.466 e. The summed E-state index contributed by atoms with van der Waals surface area (Å²) in [5, 5.41) is 5.57. The van der Waals surface area contributed by atoms with Crippen LogP contribution in [0.5, 0.6) is 0 Å². The minimum Gasteiger partial charge on any atom is -0.466 e. The molecule has 6 nitrogen and oxygen atoms in total. The summed E-state index contributed by atoms with van der Waals surface area (Å²) in [5.74, 6) is -0.109. The number of ether oxygens (including phenoxy) is 1. The van der Waals surface area contributed by atoms with Gasteiger partial charge >= 0.3 is 5.97 Å². The van der Waals surface area contributed by atoms with E-state index in [9.17, 15) is 14.4 Å². The molecule has 176 valence electrons. The van der Waals surface area contributed by atoms with E-state index in [1.54, 1.807) is 6.92 Å². The van der Waals surface area contributed by atoms with Crippen molar-refractivity contribution >= 4 is 28.6 Å². The van der Waals surface area contributed by atoms with Crippen LogP contribution in [-0.2, 0) is 25.5 Å². The molecule has 2 saturated heterocycles. The molecule has 2 amide bonds. The van der Waals surface area contributed by atoms with E-state index in [4.69, 9.17) is 4.74 Å². The predicted molar refractivity (Wildman–Crippen MR) is 128 cm³/mol. The van der Waals surface area contributed by atoms with Crippen LogP contribution in [0.15, 0.2) is 42.5 Å². The minimum absolute atomic E-state index is 0.0569. The number of benzene rings is 2.